The Hall–Kier alpha value is 0.110. The topological polar surface area (TPSA) is 17.1 Å². The molecule has 1 rings (SSSR count). The molecular formula is C8H12OS2. The molecule has 1 heterocycles. The van der Waals surface area contributed by atoms with Crippen LogP contribution in [0.4, 0.5) is 0 Å². The molecule has 0 bridgehead atoms. The van der Waals surface area contributed by atoms with Crippen molar-refractivity contribution in [2.45, 2.75) is 13.3 Å². The summed E-state index contributed by atoms with van der Waals surface area (Å²) in [6.45, 7) is 2.01. The number of hydrogen-bond acceptors (Lipinski definition) is 3. The fourth-order valence-electron chi connectivity index (χ4n) is 0.877. The number of allylic oxidation sites excluding steroid dienone is 2. The molecular weight excluding hydrogens is 176 g/mol. The third kappa shape index (κ3) is 3.87. The van der Waals surface area contributed by atoms with E-state index in [4.69, 9.17) is 0 Å². The van der Waals surface area contributed by atoms with Gasteiger partial charge in [-0.15, -0.1) is 11.8 Å². The van der Waals surface area contributed by atoms with E-state index in [-0.39, 0.29) is 5.78 Å². The molecule has 1 nitrogen and oxygen atoms in total. The third-order valence-electron chi connectivity index (χ3n) is 1.37. The Balaban J connectivity index is 2.50. The zero-order chi connectivity index (χ0) is 8.10. The number of carbonyl (C=O) groups is 1. The smallest absolute Gasteiger partial charge is 0.166 e. The summed E-state index contributed by atoms with van der Waals surface area (Å²) in [6, 6.07) is 0. The van der Waals surface area contributed by atoms with Crippen molar-refractivity contribution >= 4 is 29.3 Å². The predicted octanol–water partition coefficient (Wildman–Crippen LogP) is 2.33. The van der Waals surface area contributed by atoms with Gasteiger partial charge in [0.2, 0.25) is 0 Å². The highest BCUT2D eigenvalue weighted by Gasteiger charge is 2.02. The zero-order valence-electron chi connectivity index (χ0n) is 6.63. The van der Waals surface area contributed by atoms with Crippen LogP contribution in [0.2, 0.25) is 0 Å². The molecule has 0 aromatic carbocycles. The van der Waals surface area contributed by atoms with Gasteiger partial charge in [-0.3, -0.25) is 4.79 Å². The van der Waals surface area contributed by atoms with Gasteiger partial charge < -0.3 is 0 Å². The number of carbonyl (C=O) groups excluding carboxylic acids is 1. The lowest BCUT2D eigenvalue weighted by Crippen LogP contribution is -1.96. The average molecular weight is 188 g/mol. The van der Waals surface area contributed by atoms with Crippen molar-refractivity contribution in [1.82, 2.24) is 0 Å². The Morgan fingerprint density at radius 1 is 1.45 bits per heavy atom. The lowest BCUT2D eigenvalue weighted by Gasteiger charge is -1.96. The first-order valence-corrected chi connectivity index (χ1v) is 5.85. The van der Waals surface area contributed by atoms with E-state index in [9.17, 15) is 4.79 Å². The second kappa shape index (κ2) is 4.88. The summed E-state index contributed by atoms with van der Waals surface area (Å²) < 4.78 is 0. The van der Waals surface area contributed by atoms with E-state index >= 15 is 0 Å². The Morgan fingerprint density at radius 2 is 2.27 bits per heavy atom. The van der Waals surface area contributed by atoms with Gasteiger partial charge in [-0.25, -0.2) is 0 Å². The van der Waals surface area contributed by atoms with Crippen molar-refractivity contribution in [3.05, 3.63) is 11.0 Å². The van der Waals surface area contributed by atoms with Crippen molar-refractivity contribution in [3.63, 3.8) is 0 Å². The first-order chi connectivity index (χ1) is 5.29. The molecule has 0 saturated carbocycles. The van der Waals surface area contributed by atoms with Crippen molar-refractivity contribution in [2.75, 3.05) is 17.3 Å². The molecule has 0 atom stereocenters. The SMILES string of the molecule is C/C1=C/C(=O)CSCCCS1. The Labute approximate surface area is 76.0 Å². The molecule has 0 saturated heterocycles. The predicted molar refractivity (Wildman–Crippen MR) is 53.2 cm³/mol. The summed E-state index contributed by atoms with van der Waals surface area (Å²) in [6.07, 6.45) is 2.98. The summed E-state index contributed by atoms with van der Waals surface area (Å²) >= 11 is 3.54. The summed E-state index contributed by atoms with van der Waals surface area (Å²) in [5.41, 5.74) is 0. The van der Waals surface area contributed by atoms with Crippen molar-refractivity contribution < 1.29 is 4.79 Å². The van der Waals surface area contributed by atoms with Crippen LogP contribution in [-0.4, -0.2) is 23.0 Å². The number of thioether (sulfide) groups is 2. The van der Waals surface area contributed by atoms with E-state index < -0.39 is 0 Å². The standard InChI is InChI=1S/C8H12OS2/c1-7-5-8(9)6-10-3-2-4-11-7/h5H,2-4,6H2,1H3/b7-5-. The number of hydrogen-bond donors (Lipinski definition) is 0. The maximum Gasteiger partial charge on any atom is 0.166 e. The van der Waals surface area contributed by atoms with Gasteiger partial charge in [0.15, 0.2) is 5.78 Å². The average Bonchev–Trinajstić information content (AvgIpc) is 2.02. The van der Waals surface area contributed by atoms with Crippen LogP contribution in [-0.2, 0) is 4.79 Å². The molecule has 3 heteroatoms. The van der Waals surface area contributed by atoms with E-state index in [1.807, 2.05) is 6.92 Å². The summed E-state index contributed by atoms with van der Waals surface area (Å²) in [4.78, 5) is 12.3. The third-order valence-corrected chi connectivity index (χ3v) is 3.50. The quantitative estimate of drug-likeness (QED) is 0.581. The van der Waals surface area contributed by atoms with Gasteiger partial charge in [0, 0.05) is 0 Å². The minimum Gasteiger partial charge on any atom is -0.294 e. The zero-order valence-corrected chi connectivity index (χ0v) is 8.26. The van der Waals surface area contributed by atoms with E-state index in [1.165, 1.54) is 6.42 Å². The largest absolute Gasteiger partial charge is 0.294 e. The molecule has 0 aromatic rings. The molecule has 0 radical (unpaired) electrons. The molecule has 62 valence electrons. The van der Waals surface area contributed by atoms with Gasteiger partial charge >= 0.3 is 0 Å². The van der Waals surface area contributed by atoms with Gasteiger partial charge in [-0.05, 0) is 35.8 Å². The lowest BCUT2D eigenvalue weighted by atomic mass is 10.4. The van der Waals surface area contributed by atoms with E-state index in [0.29, 0.717) is 5.75 Å². The van der Waals surface area contributed by atoms with Crippen molar-refractivity contribution in [1.29, 1.82) is 0 Å². The van der Waals surface area contributed by atoms with Gasteiger partial charge in [-0.1, -0.05) is 0 Å². The van der Waals surface area contributed by atoms with Crippen LogP contribution in [0.3, 0.4) is 0 Å². The van der Waals surface area contributed by atoms with Gasteiger partial charge in [0.1, 0.15) is 0 Å². The fraction of sp³-hybridized carbons (Fsp3) is 0.625. The van der Waals surface area contributed by atoms with Gasteiger partial charge in [0.05, 0.1) is 5.75 Å². The summed E-state index contributed by atoms with van der Waals surface area (Å²) in [5, 5.41) is 0. The molecule has 0 N–H and O–H groups in total. The second-order valence-electron chi connectivity index (χ2n) is 2.48. The molecule has 0 unspecified atom stereocenters. The first kappa shape index (κ1) is 9.20. The van der Waals surface area contributed by atoms with Crippen LogP contribution in [0.15, 0.2) is 11.0 Å². The Bertz CT molecular complexity index is 175. The van der Waals surface area contributed by atoms with Crippen LogP contribution >= 0.6 is 23.5 Å². The molecule has 0 aromatic heterocycles. The fourth-order valence-corrected chi connectivity index (χ4v) is 2.66. The molecule has 1 aliphatic rings. The second-order valence-corrected chi connectivity index (χ2v) is 4.92. The maximum atomic E-state index is 11.1. The summed E-state index contributed by atoms with van der Waals surface area (Å²) in [7, 11) is 0. The van der Waals surface area contributed by atoms with Crippen LogP contribution in [0, 0.1) is 0 Å². The molecule has 1 aliphatic heterocycles. The highest BCUT2D eigenvalue weighted by atomic mass is 32.2. The van der Waals surface area contributed by atoms with Crippen LogP contribution in [0.1, 0.15) is 13.3 Å². The van der Waals surface area contributed by atoms with Crippen molar-refractivity contribution in [2.24, 2.45) is 0 Å². The van der Waals surface area contributed by atoms with E-state index in [2.05, 4.69) is 0 Å². The normalized spacial score (nSPS) is 26.3. The van der Waals surface area contributed by atoms with Crippen LogP contribution in [0.25, 0.3) is 0 Å². The van der Waals surface area contributed by atoms with Crippen LogP contribution in [0.5, 0.6) is 0 Å². The first-order valence-electron chi connectivity index (χ1n) is 3.71. The molecule has 0 aliphatic carbocycles. The number of ketones is 1. The van der Waals surface area contributed by atoms with Gasteiger partial charge in [-0.2, -0.15) is 11.8 Å². The summed E-state index contributed by atoms with van der Waals surface area (Å²) in [5.74, 6) is 3.21. The Morgan fingerprint density at radius 3 is 3.09 bits per heavy atom. The van der Waals surface area contributed by atoms with Crippen molar-refractivity contribution in [3.8, 4) is 0 Å². The van der Waals surface area contributed by atoms with E-state index in [0.717, 1.165) is 16.4 Å². The lowest BCUT2D eigenvalue weighted by molar-refractivity contribution is -0.112. The Kier molecular flexibility index (Phi) is 4.08. The molecule has 0 fully saturated rings. The highest BCUT2D eigenvalue weighted by molar-refractivity contribution is 8.03. The molecule has 0 amide bonds. The minimum absolute atomic E-state index is 0.266. The van der Waals surface area contributed by atoms with Crippen LogP contribution < -0.4 is 0 Å². The van der Waals surface area contributed by atoms with E-state index in [1.54, 1.807) is 29.6 Å². The number of rotatable bonds is 0. The molecule has 11 heavy (non-hydrogen) atoms. The van der Waals surface area contributed by atoms with Gasteiger partial charge in [0.25, 0.3) is 0 Å². The minimum atomic E-state index is 0.266. The molecule has 0 spiro atoms. The maximum absolute atomic E-state index is 11.1. The highest BCUT2D eigenvalue weighted by Crippen LogP contribution is 2.19. The monoisotopic (exact) mass is 188 g/mol.